The predicted octanol–water partition coefficient (Wildman–Crippen LogP) is -4.63. The molecule has 2 aliphatic rings. The minimum atomic E-state index is -1.43. The maximum atomic E-state index is 12.7. The van der Waals surface area contributed by atoms with Crippen molar-refractivity contribution >= 4 is 53.2 Å². The number of ether oxygens (including phenoxy) is 8. The Balaban J connectivity index is 1.74. The predicted molar refractivity (Wildman–Crippen MR) is 326 cm³/mol. The molecule has 2 heterocycles. The van der Waals surface area contributed by atoms with E-state index >= 15 is 0 Å². The zero-order chi connectivity index (χ0) is 68.1. The molecule has 92 heavy (non-hydrogen) atoms. The summed E-state index contributed by atoms with van der Waals surface area (Å²) in [6.07, 6.45) is -5.79. The first kappa shape index (κ1) is 82.7. The van der Waals surface area contributed by atoms with Crippen LogP contribution in [0.15, 0.2) is 0 Å². The molecule has 0 aromatic carbocycles. The van der Waals surface area contributed by atoms with E-state index in [1.54, 1.807) is 0 Å². The SMILES string of the molecule is CCC(COCCC(=O)NCCCNC(=O)CCCCOC(O)CNC(C)=O)(COCCC(=O)NCCCNC(=O)CCCCOC1OC(CO)C(O)C(O)C1NC(C)=O)COCCC(=O)NCCCNC(=O)CCCCOC1OC(CO)C(O)C(O)C1NC(C)=O. The molecule has 2 fully saturated rings. The van der Waals surface area contributed by atoms with Crippen LogP contribution in [0.25, 0.3) is 0 Å². The number of aliphatic hydroxyl groups is 7. The van der Waals surface area contributed by atoms with Gasteiger partial charge in [-0.1, -0.05) is 6.92 Å². The minimum absolute atomic E-state index is 0.0214. The molecule has 0 bridgehead atoms. The second kappa shape index (κ2) is 49.2. The summed E-state index contributed by atoms with van der Waals surface area (Å²) in [5.41, 5.74) is -0.725. The maximum Gasteiger partial charge on any atom is 0.222 e. The van der Waals surface area contributed by atoms with Gasteiger partial charge in [-0.2, -0.15) is 0 Å². The lowest BCUT2D eigenvalue weighted by atomic mass is 9.88. The molecule has 16 N–H and O–H groups in total. The number of aliphatic hydroxyl groups excluding tert-OH is 7. The van der Waals surface area contributed by atoms with Gasteiger partial charge in [0.25, 0.3) is 0 Å². The summed E-state index contributed by atoms with van der Waals surface area (Å²) in [5, 5.41) is 94.2. The smallest absolute Gasteiger partial charge is 0.222 e. The molecule has 2 saturated heterocycles. The summed E-state index contributed by atoms with van der Waals surface area (Å²) >= 11 is 0. The summed E-state index contributed by atoms with van der Waals surface area (Å²) in [6.45, 7) is 7.46. The van der Waals surface area contributed by atoms with Crippen LogP contribution in [-0.2, 0) is 81.0 Å². The monoisotopic (exact) mass is 1330 g/mol. The molecule has 9 amide bonds. The average Bonchev–Trinajstić information content (AvgIpc) is 0.862. The van der Waals surface area contributed by atoms with Gasteiger partial charge in [0.2, 0.25) is 53.2 Å². The van der Waals surface area contributed by atoms with Gasteiger partial charge in [-0.25, -0.2) is 0 Å². The number of nitrogens with one attached hydrogen (secondary N) is 9. The van der Waals surface area contributed by atoms with Gasteiger partial charge in [-0.15, -0.1) is 0 Å². The van der Waals surface area contributed by atoms with E-state index in [4.69, 9.17) is 37.9 Å². The molecule has 2 aliphatic heterocycles. The fourth-order valence-electron chi connectivity index (χ4n) is 9.25. The van der Waals surface area contributed by atoms with Crippen LogP contribution in [0.4, 0.5) is 0 Å². The molecule has 11 unspecified atom stereocenters. The van der Waals surface area contributed by atoms with E-state index in [2.05, 4.69) is 47.9 Å². The van der Waals surface area contributed by atoms with Crippen LogP contribution in [0.2, 0.25) is 0 Å². The molecule has 0 aromatic heterocycles. The second-order valence-corrected chi connectivity index (χ2v) is 22.7. The summed E-state index contributed by atoms with van der Waals surface area (Å²) in [4.78, 5) is 109. The van der Waals surface area contributed by atoms with Gasteiger partial charge in [0.15, 0.2) is 18.9 Å². The van der Waals surface area contributed by atoms with Gasteiger partial charge in [-0.3, -0.25) is 43.2 Å². The Morgan fingerprint density at radius 1 is 0.424 bits per heavy atom. The highest BCUT2D eigenvalue weighted by Gasteiger charge is 2.46. The Hall–Kier alpha value is -5.37. The van der Waals surface area contributed by atoms with E-state index in [1.165, 1.54) is 20.8 Å². The first-order valence-electron chi connectivity index (χ1n) is 31.9. The number of unbranched alkanes of at least 4 members (excludes halogenated alkanes) is 3. The molecule has 0 radical (unpaired) electrons. The quantitative estimate of drug-likeness (QED) is 0.0201. The number of rotatable bonds is 52. The van der Waals surface area contributed by atoms with Crippen LogP contribution in [0.3, 0.4) is 0 Å². The Morgan fingerprint density at radius 2 is 0.750 bits per heavy atom. The van der Waals surface area contributed by atoms with E-state index in [0.29, 0.717) is 103 Å². The fraction of sp³-hybridized carbons (Fsp3) is 0.847. The minimum Gasteiger partial charge on any atom is -0.394 e. The Kier molecular flexibility index (Phi) is 44.3. The zero-order valence-corrected chi connectivity index (χ0v) is 54.0. The van der Waals surface area contributed by atoms with Gasteiger partial charge in [0.1, 0.15) is 48.7 Å². The normalized spacial score (nSPS) is 22.2. The lowest BCUT2D eigenvalue weighted by Gasteiger charge is -2.42. The van der Waals surface area contributed by atoms with Gasteiger partial charge in [0, 0.05) is 124 Å². The Morgan fingerprint density at radius 3 is 1.05 bits per heavy atom. The lowest BCUT2D eigenvalue weighted by molar-refractivity contribution is -0.270. The highest BCUT2D eigenvalue weighted by molar-refractivity contribution is 5.78. The molecule has 0 aliphatic carbocycles. The highest BCUT2D eigenvalue weighted by Crippen LogP contribution is 2.26. The van der Waals surface area contributed by atoms with Crippen molar-refractivity contribution in [2.24, 2.45) is 5.41 Å². The molecule has 0 saturated carbocycles. The van der Waals surface area contributed by atoms with Crippen LogP contribution < -0.4 is 47.9 Å². The summed E-state index contributed by atoms with van der Waals surface area (Å²) in [6, 6.07) is -2.13. The molecule has 33 heteroatoms. The van der Waals surface area contributed by atoms with Gasteiger partial charge < -0.3 is 121 Å². The zero-order valence-electron chi connectivity index (χ0n) is 54.0. The summed E-state index contributed by atoms with van der Waals surface area (Å²) in [5.74, 6) is -2.59. The highest BCUT2D eigenvalue weighted by atomic mass is 16.7. The molecule has 33 nitrogen and oxygen atoms in total. The van der Waals surface area contributed by atoms with Crippen molar-refractivity contribution in [2.75, 3.05) is 118 Å². The van der Waals surface area contributed by atoms with E-state index in [0.717, 1.165) is 0 Å². The summed E-state index contributed by atoms with van der Waals surface area (Å²) in [7, 11) is 0. The third-order valence-corrected chi connectivity index (χ3v) is 14.7. The number of hydrogen-bond donors (Lipinski definition) is 16. The van der Waals surface area contributed by atoms with Crippen LogP contribution in [0.5, 0.6) is 0 Å². The van der Waals surface area contributed by atoms with Crippen molar-refractivity contribution < 1.29 is 117 Å². The van der Waals surface area contributed by atoms with Crippen molar-refractivity contribution in [3.63, 3.8) is 0 Å². The molecule has 2 rings (SSSR count). The van der Waals surface area contributed by atoms with Crippen LogP contribution in [-0.4, -0.2) is 275 Å². The Bertz CT molecular complexity index is 2040. The molecule has 532 valence electrons. The standard InChI is InChI=1S/C59H107N9O24/c1-5-59(36-85-30-18-47(77)63-24-12-21-60-44(74)15-6-9-27-88-50(80)33-66-39(2)71,37-86-31-19-48(78)64-25-13-22-61-45(75)16-7-10-28-89-57-51(67-40(3)72)55(83)53(81)42(34-69)91-57)38-87-32-20-49(79)65-26-14-23-62-46(76)17-8-11-29-90-58-52(68-41(4)73)56(84)54(82)43(35-70)92-58/h42-43,50-58,69-70,80-84H,5-38H2,1-4H3,(H,60,74)(H,61,75)(H,62,76)(H,63,77)(H,64,78)(H,65,79)(H,66,71)(H,67,72)(H,68,73). The number of carbonyl (C=O) groups is 9. The first-order chi connectivity index (χ1) is 44.0. The lowest BCUT2D eigenvalue weighted by Crippen LogP contribution is -2.64. The third-order valence-electron chi connectivity index (χ3n) is 14.7. The second-order valence-electron chi connectivity index (χ2n) is 22.7. The van der Waals surface area contributed by atoms with E-state index < -0.39 is 98.0 Å². The van der Waals surface area contributed by atoms with Crippen LogP contribution >= 0.6 is 0 Å². The van der Waals surface area contributed by atoms with E-state index in [1.807, 2.05) is 6.92 Å². The van der Waals surface area contributed by atoms with Crippen molar-refractivity contribution in [3.05, 3.63) is 0 Å². The number of amides is 9. The molecule has 0 aromatic rings. The third kappa shape index (κ3) is 36.9. The maximum absolute atomic E-state index is 12.7. The van der Waals surface area contributed by atoms with Gasteiger partial charge in [-0.05, 0) is 64.2 Å². The molecule has 0 spiro atoms. The number of carbonyl (C=O) groups excluding carboxylic acids is 9. The van der Waals surface area contributed by atoms with E-state index in [9.17, 15) is 78.9 Å². The molecular weight excluding hydrogens is 1220 g/mol. The van der Waals surface area contributed by atoms with Crippen molar-refractivity contribution in [3.8, 4) is 0 Å². The van der Waals surface area contributed by atoms with E-state index in [-0.39, 0.29) is 146 Å². The van der Waals surface area contributed by atoms with Crippen molar-refractivity contribution in [2.45, 2.75) is 198 Å². The van der Waals surface area contributed by atoms with Gasteiger partial charge >= 0.3 is 0 Å². The average molecular weight is 1330 g/mol. The largest absolute Gasteiger partial charge is 0.394 e. The van der Waals surface area contributed by atoms with Crippen LogP contribution in [0.1, 0.15) is 130 Å². The first-order valence-corrected chi connectivity index (χ1v) is 31.9. The number of hydrogen-bond acceptors (Lipinski definition) is 24. The molecular formula is C59H107N9O24. The fourth-order valence-corrected chi connectivity index (χ4v) is 9.25. The topological polar surface area (TPSA) is 477 Å². The van der Waals surface area contributed by atoms with Crippen molar-refractivity contribution in [1.29, 1.82) is 0 Å². The van der Waals surface area contributed by atoms with Crippen LogP contribution in [0, 0.1) is 5.41 Å². The van der Waals surface area contributed by atoms with Crippen molar-refractivity contribution in [1.82, 2.24) is 47.9 Å². The van der Waals surface area contributed by atoms with Gasteiger partial charge in [0.05, 0.1) is 59.4 Å². The summed E-state index contributed by atoms with van der Waals surface area (Å²) < 4.78 is 45.6. The molecule has 11 atom stereocenters. The Labute approximate surface area is 538 Å².